The first kappa shape index (κ1) is 23.2. The molecule has 0 saturated carbocycles. The normalized spacial score (nSPS) is 16.5. The maximum atomic E-state index is 6.10. The molecule has 1 aliphatic rings. The summed E-state index contributed by atoms with van der Waals surface area (Å²) in [5.41, 5.74) is 4.19. The number of nitrogens with one attached hydrogen (secondary N) is 1. The zero-order valence-electron chi connectivity index (χ0n) is 19.6. The predicted molar refractivity (Wildman–Crippen MR) is 129 cm³/mol. The second kappa shape index (κ2) is 11.2. The van der Waals surface area contributed by atoms with E-state index in [1.54, 1.807) is 7.11 Å². The average molecular weight is 449 g/mol. The number of hydrogen-bond acceptors (Lipinski definition) is 7. The minimum Gasteiger partial charge on any atom is -0.494 e. The van der Waals surface area contributed by atoms with Crippen molar-refractivity contribution in [2.45, 2.75) is 33.1 Å². The van der Waals surface area contributed by atoms with Crippen molar-refractivity contribution in [3.05, 3.63) is 77.1 Å². The van der Waals surface area contributed by atoms with Gasteiger partial charge < -0.3 is 19.5 Å². The number of methoxy groups -OCH3 is 1. The van der Waals surface area contributed by atoms with Crippen LogP contribution in [0, 0.1) is 6.92 Å². The number of morpholine rings is 1. The first-order valence-corrected chi connectivity index (χ1v) is 11.4. The number of ether oxygens (including phenoxy) is 3. The van der Waals surface area contributed by atoms with Crippen LogP contribution in [0.25, 0.3) is 0 Å². The van der Waals surface area contributed by atoms with Crippen molar-refractivity contribution in [1.82, 2.24) is 14.9 Å². The SMILES string of the molecule is CCOc1ccc(COC)cc1CN1CCO[C@@H](c2cccc(Nc3cccc(C)n3)n2)C1. The van der Waals surface area contributed by atoms with Crippen molar-refractivity contribution in [3.8, 4) is 5.75 Å². The van der Waals surface area contributed by atoms with Crippen LogP contribution in [0.1, 0.15) is 35.5 Å². The molecule has 1 saturated heterocycles. The smallest absolute Gasteiger partial charge is 0.131 e. The molecule has 1 fully saturated rings. The number of hydrogen-bond donors (Lipinski definition) is 1. The van der Waals surface area contributed by atoms with Gasteiger partial charge in [0.25, 0.3) is 0 Å². The Morgan fingerprint density at radius 1 is 1.09 bits per heavy atom. The lowest BCUT2D eigenvalue weighted by atomic mass is 10.1. The quantitative estimate of drug-likeness (QED) is 0.511. The Kier molecular flexibility index (Phi) is 7.88. The molecular weight excluding hydrogens is 416 g/mol. The van der Waals surface area contributed by atoms with Crippen molar-refractivity contribution in [3.63, 3.8) is 0 Å². The van der Waals surface area contributed by atoms with Crippen LogP contribution in [0.3, 0.4) is 0 Å². The van der Waals surface area contributed by atoms with Gasteiger partial charge in [-0.3, -0.25) is 4.90 Å². The molecule has 2 aromatic heterocycles. The van der Waals surface area contributed by atoms with Gasteiger partial charge in [-0.25, -0.2) is 9.97 Å². The third-order valence-electron chi connectivity index (χ3n) is 5.53. The monoisotopic (exact) mass is 448 g/mol. The van der Waals surface area contributed by atoms with E-state index < -0.39 is 0 Å². The van der Waals surface area contributed by atoms with Gasteiger partial charge in [0.15, 0.2) is 0 Å². The summed E-state index contributed by atoms with van der Waals surface area (Å²) < 4.78 is 17.3. The van der Waals surface area contributed by atoms with Crippen LogP contribution in [0.5, 0.6) is 5.75 Å². The molecule has 0 aliphatic carbocycles. The number of pyridine rings is 2. The summed E-state index contributed by atoms with van der Waals surface area (Å²) in [5, 5.41) is 3.30. The van der Waals surface area contributed by atoms with E-state index in [4.69, 9.17) is 19.2 Å². The molecule has 3 aromatic rings. The summed E-state index contributed by atoms with van der Waals surface area (Å²) in [4.78, 5) is 11.7. The third kappa shape index (κ3) is 6.28. The van der Waals surface area contributed by atoms with E-state index >= 15 is 0 Å². The van der Waals surface area contributed by atoms with Crippen molar-refractivity contribution in [1.29, 1.82) is 0 Å². The molecule has 0 unspecified atom stereocenters. The fourth-order valence-corrected chi connectivity index (χ4v) is 4.02. The van der Waals surface area contributed by atoms with Crippen LogP contribution in [-0.2, 0) is 22.6 Å². The summed E-state index contributed by atoms with van der Waals surface area (Å²) in [6, 6.07) is 18.1. The van der Waals surface area contributed by atoms with Crippen molar-refractivity contribution in [2.75, 3.05) is 38.7 Å². The molecule has 3 heterocycles. The zero-order valence-corrected chi connectivity index (χ0v) is 19.6. The molecule has 33 heavy (non-hydrogen) atoms. The molecule has 7 heteroatoms. The largest absolute Gasteiger partial charge is 0.494 e. The van der Waals surface area contributed by atoms with Crippen LogP contribution in [0.2, 0.25) is 0 Å². The van der Waals surface area contributed by atoms with E-state index in [0.29, 0.717) is 19.8 Å². The number of nitrogens with zero attached hydrogens (tertiary/aromatic N) is 3. The molecule has 1 atom stereocenters. The fraction of sp³-hybridized carbons (Fsp3) is 0.385. The van der Waals surface area contributed by atoms with Gasteiger partial charge in [0, 0.05) is 38.0 Å². The summed E-state index contributed by atoms with van der Waals surface area (Å²) in [5.74, 6) is 2.47. The van der Waals surface area contributed by atoms with Gasteiger partial charge in [-0.05, 0) is 55.8 Å². The van der Waals surface area contributed by atoms with E-state index in [1.165, 1.54) is 5.56 Å². The second-order valence-corrected chi connectivity index (χ2v) is 8.14. The molecule has 0 radical (unpaired) electrons. The molecule has 0 spiro atoms. The fourth-order valence-electron chi connectivity index (χ4n) is 4.02. The second-order valence-electron chi connectivity index (χ2n) is 8.14. The molecule has 4 rings (SSSR count). The predicted octanol–water partition coefficient (Wildman–Crippen LogP) is 4.65. The topological polar surface area (TPSA) is 68.7 Å². The number of aromatic nitrogens is 2. The Morgan fingerprint density at radius 3 is 2.70 bits per heavy atom. The van der Waals surface area contributed by atoms with E-state index in [0.717, 1.165) is 54.0 Å². The van der Waals surface area contributed by atoms with E-state index in [2.05, 4.69) is 27.3 Å². The first-order chi connectivity index (χ1) is 16.1. The Hall–Kier alpha value is -3.00. The van der Waals surface area contributed by atoms with Crippen LogP contribution in [0.15, 0.2) is 54.6 Å². The number of benzene rings is 1. The van der Waals surface area contributed by atoms with Crippen LogP contribution in [0.4, 0.5) is 11.6 Å². The number of anilines is 2. The Bertz CT molecular complexity index is 1060. The molecule has 0 amide bonds. The lowest BCUT2D eigenvalue weighted by Crippen LogP contribution is -2.38. The lowest BCUT2D eigenvalue weighted by molar-refractivity contribution is -0.0351. The Balaban J connectivity index is 1.46. The highest BCUT2D eigenvalue weighted by molar-refractivity contribution is 5.51. The highest BCUT2D eigenvalue weighted by Crippen LogP contribution is 2.27. The van der Waals surface area contributed by atoms with Crippen LogP contribution < -0.4 is 10.1 Å². The number of rotatable bonds is 9. The molecule has 1 aliphatic heterocycles. The van der Waals surface area contributed by atoms with Gasteiger partial charge in [0.1, 0.15) is 23.5 Å². The molecule has 7 nitrogen and oxygen atoms in total. The van der Waals surface area contributed by atoms with Crippen LogP contribution in [-0.4, -0.2) is 48.3 Å². The summed E-state index contributed by atoms with van der Waals surface area (Å²) >= 11 is 0. The van der Waals surface area contributed by atoms with E-state index in [1.807, 2.05) is 56.3 Å². The molecular formula is C26H32N4O3. The summed E-state index contributed by atoms with van der Waals surface area (Å²) in [6.07, 6.45) is -0.0938. The standard InChI is InChI=1S/C26H32N4O3/c1-4-32-23-12-11-20(18-31-3)15-21(23)16-30-13-14-33-24(17-30)22-8-6-10-26(28-22)29-25-9-5-7-19(2)27-25/h5-12,15,24H,4,13-14,16-18H2,1-3H3,(H,27,28,29)/t24-/m1/s1. The Labute approximate surface area is 195 Å². The molecule has 1 aromatic carbocycles. The molecule has 1 N–H and O–H groups in total. The first-order valence-electron chi connectivity index (χ1n) is 11.4. The van der Waals surface area contributed by atoms with Crippen LogP contribution >= 0.6 is 0 Å². The minimum atomic E-state index is -0.0938. The van der Waals surface area contributed by atoms with Gasteiger partial charge in [0.2, 0.25) is 0 Å². The average Bonchev–Trinajstić information content (AvgIpc) is 2.81. The van der Waals surface area contributed by atoms with Crippen molar-refractivity contribution < 1.29 is 14.2 Å². The highest BCUT2D eigenvalue weighted by Gasteiger charge is 2.24. The molecule has 0 bridgehead atoms. The van der Waals surface area contributed by atoms with Gasteiger partial charge in [-0.15, -0.1) is 0 Å². The third-order valence-corrected chi connectivity index (χ3v) is 5.53. The Morgan fingerprint density at radius 2 is 1.91 bits per heavy atom. The van der Waals surface area contributed by atoms with Gasteiger partial charge in [0.05, 0.1) is 25.5 Å². The lowest BCUT2D eigenvalue weighted by Gasteiger charge is -2.33. The summed E-state index contributed by atoms with van der Waals surface area (Å²) in [7, 11) is 1.72. The minimum absolute atomic E-state index is 0.0938. The maximum Gasteiger partial charge on any atom is 0.131 e. The number of aryl methyl sites for hydroxylation is 1. The van der Waals surface area contributed by atoms with E-state index in [9.17, 15) is 0 Å². The van der Waals surface area contributed by atoms with Gasteiger partial charge in [-0.2, -0.15) is 0 Å². The highest BCUT2D eigenvalue weighted by atomic mass is 16.5. The van der Waals surface area contributed by atoms with E-state index in [-0.39, 0.29) is 6.10 Å². The zero-order chi connectivity index (χ0) is 23.0. The van der Waals surface area contributed by atoms with Gasteiger partial charge in [-0.1, -0.05) is 18.2 Å². The van der Waals surface area contributed by atoms with Crippen molar-refractivity contribution in [2.24, 2.45) is 0 Å². The van der Waals surface area contributed by atoms with Gasteiger partial charge >= 0.3 is 0 Å². The maximum absolute atomic E-state index is 6.10. The van der Waals surface area contributed by atoms with Crippen molar-refractivity contribution >= 4 is 11.6 Å². The summed E-state index contributed by atoms with van der Waals surface area (Å²) in [6.45, 7) is 8.29. The molecule has 174 valence electrons.